The highest BCUT2D eigenvalue weighted by molar-refractivity contribution is 7.89. The summed E-state index contributed by atoms with van der Waals surface area (Å²) in [6.45, 7) is 7.12. The SMILES string of the molecule is CCCCC/C=C\C/C=C\CCCCCCCC(=O)OCC(CCCS(=O)(=O)NCCN(C)C)(COC(=O)CCCCCCC/C=C\C/C=C\CCCCC)COC(=O)CCCCCCC/C=C\C/C=C\CCCCCCC. The van der Waals surface area contributed by atoms with Gasteiger partial charge in [0.2, 0.25) is 10.0 Å². The summed E-state index contributed by atoms with van der Waals surface area (Å²) in [7, 11) is 0.156. The predicted molar refractivity (Wildman–Crippen MR) is 332 cm³/mol. The number of sulfonamides is 1. The van der Waals surface area contributed by atoms with E-state index in [4.69, 9.17) is 14.2 Å². The molecule has 0 rings (SSSR count). The second-order valence-corrected chi connectivity index (χ2v) is 24.2. The summed E-state index contributed by atoms with van der Waals surface area (Å²) in [5, 5.41) is 0. The van der Waals surface area contributed by atoms with Crippen LogP contribution in [-0.2, 0) is 38.6 Å². The molecule has 0 amide bonds. The number of hydrogen-bond acceptors (Lipinski definition) is 9. The van der Waals surface area contributed by atoms with Gasteiger partial charge in [-0.25, -0.2) is 13.1 Å². The van der Waals surface area contributed by atoms with Crippen LogP contribution in [0.2, 0.25) is 0 Å². The monoisotopic (exact) mass is 1110 g/mol. The lowest BCUT2D eigenvalue weighted by Crippen LogP contribution is -2.40. The molecule has 452 valence electrons. The molecule has 0 aliphatic rings. The Morgan fingerprint density at radius 3 is 1.00 bits per heavy atom. The van der Waals surface area contributed by atoms with Crippen LogP contribution < -0.4 is 4.72 Å². The van der Waals surface area contributed by atoms with Crippen molar-refractivity contribution in [1.29, 1.82) is 0 Å². The summed E-state index contributed by atoms with van der Waals surface area (Å²) in [6, 6.07) is 0. The number of rotatable bonds is 58. The van der Waals surface area contributed by atoms with E-state index >= 15 is 0 Å². The first-order valence-electron chi connectivity index (χ1n) is 32.0. The largest absolute Gasteiger partial charge is 0.465 e. The van der Waals surface area contributed by atoms with Gasteiger partial charge in [0.05, 0.1) is 11.2 Å². The van der Waals surface area contributed by atoms with Gasteiger partial charge in [0.1, 0.15) is 19.8 Å². The maximum absolute atomic E-state index is 13.3. The summed E-state index contributed by atoms with van der Waals surface area (Å²) in [4.78, 5) is 41.8. The Morgan fingerprint density at radius 2 is 0.679 bits per heavy atom. The summed E-state index contributed by atoms with van der Waals surface area (Å²) < 4.78 is 46.6. The number of esters is 3. The molecule has 0 saturated carbocycles. The standard InChI is InChI=1S/C67H120N2O8S/c1-6-9-12-15-18-21-24-27-30-31-34-37-40-43-46-49-52-56-66(72)77-63-67(57-53-60-78(73,74)68-58-59-69(4)5,61-75-64(70)54-50-47-44-41-38-35-32-28-25-22-19-16-13-10-7-2)62-76-65(71)55-51-48-45-42-39-36-33-29-26-23-20-17-14-11-8-3/h19-20,22-24,27-29,31-34,68H,6-18,21,25-26,30,35-63H2,1-5H3/b22-19-,23-20-,27-24-,32-28-,33-29-,34-31-. The van der Waals surface area contributed by atoms with Crippen molar-refractivity contribution < 1.29 is 37.0 Å². The highest BCUT2D eigenvalue weighted by atomic mass is 32.2. The van der Waals surface area contributed by atoms with Crippen LogP contribution in [0, 0.1) is 5.41 Å². The minimum Gasteiger partial charge on any atom is -0.465 e. The molecular formula is C67H120N2O8S. The molecule has 0 aliphatic carbocycles. The van der Waals surface area contributed by atoms with E-state index in [1.807, 2.05) is 19.0 Å². The number of ether oxygens (including phenoxy) is 3. The summed E-state index contributed by atoms with van der Waals surface area (Å²) in [5.74, 6) is -1.24. The first kappa shape index (κ1) is 74.7. The van der Waals surface area contributed by atoms with Crippen LogP contribution in [0.4, 0.5) is 0 Å². The Balaban J connectivity index is 5.46. The molecule has 0 fully saturated rings. The predicted octanol–water partition coefficient (Wildman–Crippen LogP) is 18.1. The van der Waals surface area contributed by atoms with Gasteiger partial charge in [-0.3, -0.25) is 14.4 Å². The third-order valence-electron chi connectivity index (χ3n) is 14.1. The maximum atomic E-state index is 13.3. The second-order valence-electron chi connectivity index (χ2n) is 22.3. The number of hydrogen-bond donors (Lipinski definition) is 1. The molecule has 11 heteroatoms. The Hall–Kier alpha value is -3.28. The zero-order valence-corrected chi connectivity index (χ0v) is 51.9. The van der Waals surface area contributed by atoms with Crippen molar-refractivity contribution in [2.45, 2.75) is 278 Å². The van der Waals surface area contributed by atoms with Crippen LogP contribution >= 0.6 is 0 Å². The smallest absolute Gasteiger partial charge is 0.305 e. The molecule has 0 aliphatic heterocycles. The average Bonchev–Trinajstić information content (AvgIpc) is 3.42. The first-order valence-corrected chi connectivity index (χ1v) is 33.6. The van der Waals surface area contributed by atoms with Crippen molar-refractivity contribution >= 4 is 27.9 Å². The van der Waals surface area contributed by atoms with Gasteiger partial charge in [0, 0.05) is 32.4 Å². The fourth-order valence-corrected chi connectivity index (χ4v) is 10.1. The van der Waals surface area contributed by atoms with Gasteiger partial charge in [-0.2, -0.15) is 0 Å². The molecule has 10 nitrogen and oxygen atoms in total. The highest BCUT2D eigenvalue weighted by Crippen LogP contribution is 2.28. The van der Waals surface area contributed by atoms with E-state index in [1.54, 1.807) is 0 Å². The number of carbonyl (C=O) groups is 3. The molecule has 78 heavy (non-hydrogen) atoms. The van der Waals surface area contributed by atoms with Crippen molar-refractivity contribution in [3.8, 4) is 0 Å². The number of nitrogens with one attached hydrogen (secondary N) is 1. The van der Waals surface area contributed by atoms with E-state index in [9.17, 15) is 22.8 Å². The quantitative estimate of drug-likeness (QED) is 0.0274. The van der Waals surface area contributed by atoms with E-state index in [1.165, 1.54) is 77.0 Å². The van der Waals surface area contributed by atoms with Crippen LogP contribution in [0.1, 0.15) is 278 Å². The molecule has 0 spiro atoms. The van der Waals surface area contributed by atoms with Gasteiger partial charge in [-0.1, -0.05) is 203 Å². The van der Waals surface area contributed by atoms with Gasteiger partial charge < -0.3 is 19.1 Å². The van der Waals surface area contributed by atoms with Gasteiger partial charge in [0.15, 0.2) is 0 Å². The summed E-state index contributed by atoms with van der Waals surface area (Å²) in [6.07, 6.45) is 66.9. The average molecular weight is 1110 g/mol. The maximum Gasteiger partial charge on any atom is 0.305 e. The normalized spacial score (nSPS) is 12.6. The van der Waals surface area contributed by atoms with Crippen molar-refractivity contribution in [3.05, 3.63) is 72.9 Å². The van der Waals surface area contributed by atoms with E-state index in [0.717, 1.165) is 128 Å². The van der Waals surface area contributed by atoms with E-state index in [0.29, 0.717) is 25.8 Å². The molecule has 0 aromatic rings. The molecule has 0 bridgehead atoms. The number of allylic oxidation sites excluding steroid dienone is 12. The topological polar surface area (TPSA) is 128 Å². The third kappa shape index (κ3) is 54.7. The molecule has 0 atom stereocenters. The lowest BCUT2D eigenvalue weighted by molar-refractivity contribution is -0.162. The number of likely N-dealkylation sites (N-methyl/N-ethyl adjacent to an activating group) is 1. The molecule has 0 aromatic carbocycles. The molecule has 0 aromatic heterocycles. The summed E-state index contributed by atoms with van der Waals surface area (Å²) >= 11 is 0. The number of nitrogens with zero attached hydrogens (tertiary/aromatic N) is 1. The van der Waals surface area contributed by atoms with Gasteiger partial charge >= 0.3 is 17.9 Å². The molecule has 0 saturated heterocycles. The highest BCUT2D eigenvalue weighted by Gasteiger charge is 2.36. The molecule has 0 unspecified atom stereocenters. The van der Waals surface area contributed by atoms with Crippen molar-refractivity contribution in [1.82, 2.24) is 9.62 Å². The third-order valence-corrected chi connectivity index (χ3v) is 15.6. The van der Waals surface area contributed by atoms with E-state index in [-0.39, 0.29) is 82.1 Å². The fraction of sp³-hybridized carbons (Fsp3) is 0.776. The fourth-order valence-electron chi connectivity index (χ4n) is 8.99. The van der Waals surface area contributed by atoms with Crippen LogP contribution in [-0.4, -0.2) is 84.0 Å². The van der Waals surface area contributed by atoms with E-state index in [2.05, 4.69) is 98.4 Å². The second kappa shape index (κ2) is 57.0. The van der Waals surface area contributed by atoms with Gasteiger partial charge in [-0.05, 0) is 143 Å². The number of unbranched alkanes of at least 4 members (excludes halogenated alkanes) is 26. The zero-order valence-electron chi connectivity index (χ0n) is 51.1. The van der Waals surface area contributed by atoms with Crippen molar-refractivity contribution in [3.63, 3.8) is 0 Å². The van der Waals surface area contributed by atoms with E-state index < -0.39 is 15.4 Å². The minimum absolute atomic E-state index is 0.144. The lowest BCUT2D eigenvalue weighted by Gasteiger charge is -2.32. The van der Waals surface area contributed by atoms with Gasteiger partial charge in [0.25, 0.3) is 0 Å². The minimum atomic E-state index is -3.61. The Labute approximate surface area is 481 Å². The molecule has 1 N–H and O–H groups in total. The number of carbonyl (C=O) groups excluding carboxylic acids is 3. The molecular weight excluding hydrogens is 993 g/mol. The van der Waals surface area contributed by atoms with Crippen LogP contribution in [0.25, 0.3) is 0 Å². The Morgan fingerprint density at radius 1 is 0.397 bits per heavy atom. The van der Waals surface area contributed by atoms with Crippen LogP contribution in [0.3, 0.4) is 0 Å². The molecule has 0 heterocycles. The first-order chi connectivity index (χ1) is 38.0. The summed E-state index contributed by atoms with van der Waals surface area (Å²) in [5.41, 5.74) is -1.10. The Bertz CT molecular complexity index is 1620. The lowest BCUT2D eigenvalue weighted by atomic mass is 9.85. The van der Waals surface area contributed by atoms with Crippen LogP contribution in [0.15, 0.2) is 72.9 Å². The van der Waals surface area contributed by atoms with Crippen molar-refractivity contribution in [2.75, 3.05) is 52.8 Å². The molecule has 0 radical (unpaired) electrons. The Kier molecular flexibility index (Phi) is 54.6. The van der Waals surface area contributed by atoms with Crippen molar-refractivity contribution in [2.24, 2.45) is 5.41 Å². The van der Waals surface area contributed by atoms with Gasteiger partial charge in [-0.15, -0.1) is 0 Å². The zero-order chi connectivity index (χ0) is 57.2. The van der Waals surface area contributed by atoms with Crippen LogP contribution in [0.5, 0.6) is 0 Å².